The Bertz CT molecular complexity index is 647. The Balaban J connectivity index is 2.40. The highest BCUT2D eigenvalue weighted by molar-refractivity contribution is 9.10. The van der Waals surface area contributed by atoms with Crippen molar-refractivity contribution in [1.29, 1.82) is 0 Å². The number of rotatable bonds is 4. The first-order chi connectivity index (χ1) is 9.95. The molecule has 3 N–H and O–H groups in total. The molecule has 0 aliphatic carbocycles. The molecule has 0 aliphatic heterocycles. The molecule has 2 nitrogen and oxygen atoms in total. The zero-order valence-corrected chi connectivity index (χ0v) is 13.7. The number of nitrogens with two attached hydrogens (primary N) is 1. The van der Waals surface area contributed by atoms with Crippen molar-refractivity contribution in [1.82, 2.24) is 5.43 Å². The Morgan fingerprint density at radius 2 is 1.90 bits per heavy atom. The summed E-state index contributed by atoms with van der Waals surface area (Å²) in [5, 5.41) is 0.214. The van der Waals surface area contributed by atoms with Crippen LogP contribution in [-0.2, 0) is 6.42 Å². The lowest BCUT2D eigenvalue weighted by atomic mass is 9.98. The first kappa shape index (κ1) is 16.6. The number of hydrogen-bond donors (Lipinski definition) is 2. The van der Waals surface area contributed by atoms with Crippen LogP contribution in [0.5, 0.6) is 0 Å². The molecule has 1 atom stereocenters. The van der Waals surface area contributed by atoms with Crippen LogP contribution >= 0.6 is 39.1 Å². The van der Waals surface area contributed by atoms with Gasteiger partial charge in [0.05, 0.1) is 11.1 Å². The van der Waals surface area contributed by atoms with Gasteiger partial charge in [-0.3, -0.25) is 11.3 Å². The normalized spacial score (nSPS) is 12.5. The monoisotopic (exact) mass is 394 g/mol. The summed E-state index contributed by atoms with van der Waals surface area (Å²) in [6.45, 7) is 0. The van der Waals surface area contributed by atoms with Gasteiger partial charge in [-0.05, 0) is 40.5 Å². The van der Waals surface area contributed by atoms with E-state index < -0.39 is 17.7 Å². The van der Waals surface area contributed by atoms with Gasteiger partial charge in [0.15, 0.2) is 0 Å². The summed E-state index contributed by atoms with van der Waals surface area (Å²) in [5.41, 5.74) is 2.97. The Labute approximate surface area is 139 Å². The topological polar surface area (TPSA) is 38.0 Å². The Kier molecular flexibility index (Phi) is 5.57. The molecule has 1 unspecified atom stereocenters. The Morgan fingerprint density at radius 1 is 1.19 bits per heavy atom. The second-order valence-corrected chi connectivity index (χ2v) is 6.03. The second kappa shape index (κ2) is 7.03. The van der Waals surface area contributed by atoms with Crippen LogP contribution in [0.15, 0.2) is 34.8 Å². The van der Waals surface area contributed by atoms with E-state index in [1.807, 2.05) is 0 Å². The molecule has 0 aromatic heterocycles. The number of nitrogens with one attached hydrogen (secondary N) is 1. The fourth-order valence-electron chi connectivity index (χ4n) is 2.00. The highest BCUT2D eigenvalue weighted by atomic mass is 79.9. The highest BCUT2D eigenvalue weighted by Gasteiger charge is 2.21. The number of benzene rings is 2. The minimum absolute atomic E-state index is 0.0487. The maximum atomic E-state index is 14.2. The molecule has 0 saturated carbocycles. The van der Waals surface area contributed by atoms with Crippen molar-refractivity contribution in [3.8, 4) is 0 Å². The van der Waals surface area contributed by atoms with Crippen LogP contribution in [0.3, 0.4) is 0 Å². The number of hydrazine groups is 1. The summed E-state index contributed by atoms with van der Waals surface area (Å²) in [6.07, 6.45) is 0.0941. The molecule has 2 aromatic rings. The van der Waals surface area contributed by atoms with Gasteiger partial charge < -0.3 is 0 Å². The van der Waals surface area contributed by atoms with Crippen LogP contribution in [0.25, 0.3) is 0 Å². The van der Waals surface area contributed by atoms with Crippen molar-refractivity contribution in [3.63, 3.8) is 0 Å². The van der Waals surface area contributed by atoms with Gasteiger partial charge in [0.25, 0.3) is 0 Å². The van der Waals surface area contributed by atoms with Gasteiger partial charge in [0, 0.05) is 20.6 Å². The van der Waals surface area contributed by atoms with Crippen LogP contribution in [0.1, 0.15) is 17.2 Å². The maximum absolute atomic E-state index is 14.2. The van der Waals surface area contributed by atoms with E-state index in [4.69, 9.17) is 29.0 Å². The van der Waals surface area contributed by atoms with Crippen LogP contribution in [-0.4, -0.2) is 0 Å². The molecule has 112 valence electrons. The molecule has 0 spiro atoms. The van der Waals surface area contributed by atoms with Gasteiger partial charge in [-0.15, -0.1) is 0 Å². The van der Waals surface area contributed by atoms with Crippen molar-refractivity contribution in [3.05, 3.63) is 67.6 Å². The van der Waals surface area contributed by atoms with Gasteiger partial charge in [-0.2, -0.15) is 0 Å². The average Bonchev–Trinajstić information content (AvgIpc) is 2.46. The smallest absolute Gasteiger partial charge is 0.147 e. The third kappa shape index (κ3) is 3.55. The highest BCUT2D eigenvalue weighted by Crippen LogP contribution is 2.32. The second-order valence-electron chi connectivity index (χ2n) is 4.39. The van der Waals surface area contributed by atoms with Gasteiger partial charge in [0.2, 0.25) is 0 Å². The van der Waals surface area contributed by atoms with Gasteiger partial charge in [-0.1, -0.05) is 35.3 Å². The van der Waals surface area contributed by atoms with Crippen LogP contribution in [0.4, 0.5) is 8.78 Å². The molecule has 0 amide bonds. The van der Waals surface area contributed by atoms with Crippen LogP contribution in [0.2, 0.25) is 10.0 Å². The van der Waals surface area contributed by atoms with E-state index in [1.54, 1.807) is 12.1 Å². The zero-order chi connectivity index (χ0) is 15.6. The van der Waals surface area contributed by atoms with Gasteiger partial charge in [0.1, 0.15) is 11.6 Å². The quantitative estimate of drug-likeness (QED) is 0.444. The number of hydrogen-bond acceptors (Lipinski definition) is 2. The van der Waals surface area contributed by atoms with E-state index in [0.29, 0.717) is 4.47 Å². The summed E-state index contributed by atoms with van der Waals surface area (Å²) in [7, 11) is 0. The molecular weight excluding hydrogens is 385 g/mol. The minimum atomic E-state index is -0.662. The van der Waals surface area contributed by atoms with E-state index >= 15 is 0 Å². The Morgan fingerprint density at radius 3 is 2.52 bits per heavy atom. The van der Waals surface area contributed by atoms with Crippen LogP contribution in [0, 0.1) is 11.6 Å². The first-order valence-corrected chi connectivity index (χ1v) is 7.53. The summed E-state index contributed by atoms with van der Waals surface area (Å²) >= 11 is 15.0. The lowest BCUT2D eigenvalue weighted by Gasteiger charge is -2.19. The SMILES string of the molecule is NNC(Cc1c(F)cccc1Cl)c1ccc(Br)c(Cl)c1F. The van der Waals surface area contributed by atoms with Crippen molar-refractivity contribution < 1.29 is 8.78 Å². The molecule has 0 bridgehead atoms. The van der Waals surface area contributed by atoms with E-state index in [9.17, 15) is 8.78 Å². The molecule has 0 radical (unpaired) electrons. The summed E-state index contributed by atoms with van der Waals surface area (Å²) in [5.74, 6) is 4.40. The van der Waals surface area contributed by atoms with Crippen LogP contribution < -0.4 is 11.3 Å². The summed E-state index contributed by atoms with van der Waals surface area (Å²) < 4.78 is 28.5. The predicted molar refractivity (Wildman–Crippen MR) is 84.3 cm³/mol. The van der Waals surface area contributed by atoms with E-state index in [1.165, 1.54) is 18.2 Å². The summed E-state index contributed by atoms with van der Waals surface area (Å²) in [4.78, 5) is 0. The van der Waals surface area contributed by atoms with Crippen molar-refractivity contribution >= 4 is 39.1 Å². The third-order valence-electron chi connectivity index (χ3n) is 3.11. The average molecular weight is 396 g/mol. The third-order valence-corrected chi connectivity index (χ3v) is 4.72. The standard InChI is InChI=1S/C14H11BrCl2F2N2/c15-9-5-4-7(14(19)13(9)17)12(21-20)6-8-10(16)2-1-3-11(8)18/h1-5,12,21H,6,20H2. The van der Waals surface area contributed by atoms with Gasteiger partial charge >= 0.3 is 0 Å². The molecule has 2 aromatic carbocycles. The summed E-state index contributed by atoms with van der Waals surface area (Å²) in [6, 6.07) is 6.84. The minimum Gasteiger partial charge on any atom is -0.271 e. The molecule has 7 heteroatoms. The van der Waals surface area contributed by atoms with Crippen molar-refractivity contribution in [2.24, 2.45) is 5.84 Å². The first-order valence-electron chi connectivity index (χ1n) is 5.98. The fraction of sp³-hybridized carbons (Fsp3) is 0.143. The fourth-order valence-corrected chi connectivity index (χ4v) is 2.72. The molecule has 0 aliphatic rings. The largest absolute Gasteiger partial charge is 0.271 e. The molecule has 21 heavy (non-hydrogen) atoms. The Hall–Kier alpha value is -0.720. The molecule has 0 fully saturated rings. The molecule has 0 saturated heterocycles. The predicted octanol–water partition coefficient (Wildman–Crippen LogP) is 4.78. The zero-order valence-electron chi connectivity index (χ0n) is 10.6. The molecule has 0 heterocycles. The van der Waals surface area contributed by atoms with E-state index in [2.05, 4.69) is 21.4 Å². The lowest BCUT2D eigenvalue weighted by molar-refractivity contribution is 0.498. The molecule has 2 rings (SSSR count). The molecular formula is C14H11BrCl2F2N2. The van der Waals surface area contributed by atoms with E-state index in [-0.39, 0.29) is 27.6 Å². The van der Waals surface area contributed by atoms with Crippen molar-refractivity contribution in [2.45, 2.75) is 12.5 Å². The van der Waals surface area contributed by atoms with Crippen molar-refractivity contribution in [2.75, 3.05) is 0 Å². The maximum Gasteiger partial charge on any atom is 0.147 e. The van der Waals surface area contributed by atoms with Gasteiger partial charge in [-0.25, -0.2) is 8.78 Å². The number of halogens is 5. The lowest BCUT2D eigenvalue weighted by Crippen LogP contribution is -2.30. The van der Waals surface area contributed by atoms with E-state index in [0.717, 1.165) is 0 Å².